The molecule has 4 heteroatoms. The van der Waals surface area contributed by atoms with Crippen LogP contribution in [0.25, 0.3) is 0 Å². The van der Waals surface area contributed by atoms with Crippen molar-refractivity contribution < 1.29 is 14.6 Å². The number of hydrogen-bond donors (Lipinski definition) is 2. The summed E-state index contributed by atoms with van der Waals surface area (Å²) in [6.45, 7) is 3.05. The van der Waals surface area contributed by atoms with Crippen LogP contribution < -0.4 is 5.32 Å². The van der Waals surface area contributed by atoms with Gasteiger partial charge in [-0.1, -0.05) is 30.3 Å². The maximum absolute atomic E-state index is 11.2. The van der Waals surface area contributed by atoms with Gasteiger partial charge < -0.3 is 15.2 Å². The van der Waals surface area contributed by atoms with Crippen molar-refractivity contribution in [2.24, 2.45) is 5.92 Å². The van der Waals surface area contributed by atoms with Gasteiger partial charge in [0.25, 0.3) is 0 Å². The highest BCUT2D eigenvalue weighted by atomic mass is 16.5. The Balaban J connectivity index is 2.01. The Kier molecular flexibility index (Phi) is 4.33. The Hall–Kier alpha value is -1.39. The molecular formula is C14H19NO3. The molecule has 0 spiro atoms. The predicted molar refractivity (Wildman–Crippen MR) is 68.3 cm³/mol. The zero-order valence-electron chi connectivity index (χ0n) is 10.5. The van der Waals surface area contributed by atoms with Crippen molar-refractivity contribution in [1.82, 2.24) is 5.32 Å². The van der Waals surface area contributed by atoms with E-state index in [0.29, 0.717) is 19.6 Å². The van der Waals surface area contributed by atoms with E-state index in [-0.39, 0.29) is 18.0 Å². The number of carboxylic acids is 1. The van der Waals surface area contributed by atoms with Crippen molar-refractivity contribution in [3.63, 3.8) is 0 Å². The van der Waals surface area contributed by atoms with Crippen LogP contribution in [0.3, 0.4) is 0 Å². The lowest BCUT2D eigenvalue weighted by Gasteiger charge is -2.32. The summed E-state index contributed by atoms with van der Waals surface area (Å²) in [5, 5.41) is 12.6. The largest absolute Gasteiger partial charge is 0.481 e. The van der Waals surface area contributed by atoms with Crippen LogP contribution in [0, 0.1) is 5.92 Å². The van der Waals surface area contributed by atoms with Crippen LogP contribution in [0.2, 0.25) is 0 Å². The van der Waals surface area contributed by atoms with Crippen LogP contribution in [0.4, 0.5) is 0 Å². The summed E-state index contributed by atoms with van der Waals surface area (Å²) in [5.41, 5.74) is 1.16. The van der Waals surface area contributed by atoms with Crippen molar-refractivity contribution in [3.05, 3.63) is 35.9 Å². The molecular weight excluding hydrogens is 230 g/mol. The third-order valence-corrected chi connectivity index (χ3v) is 3.44. The highest BCUT2D eigenvalue weighted by Crippen LogP contribution is 2.20. The van der Waals surface area contributed by atoms with E-state index in [4.69, 9.17) is 4.74 Å². The second-order valence-electron chi connectivity index (χ2n) is 4.71. The Morgan fingerprint density at radius 1 is 1.44 bits per heavy atom. The van der Waals surface area contributed by atoms with E-state index in [9.17, 15) is 9.90 Å². The molecule has 18 heavy (non-hydrogen) atoms. The van der Waals surface area contributed by atoms with Crippen molar-refractivity contribution in [2.45, 2.75) is 25.4 Å². The van der Waals surface area contributed by atoms with Crippen molar-refractivity contribution in [3.8, 4) is 0 Å². The lowest BCUT2D eigenvalue weighted by molar-refractivity contribution is -0.146. The van der Waals surface area contributed by atoms with Gasteiger partial charge in [-0.05, 0) is 18.9 Å². The Morgan fingerprint density at radius 2 is 2.17 bits per heavy atom. The smallest absolute Gasteiger partial charge is 0.308 e. The summed E-state index contributed by atoms with van der Waals surface area (Å²) >= 11 is 0. The SMILES string of the molecule is CC(NC1COCCC1C(=O)O)c1ccccc1. The molecule has 0 amide bonds. The van der Waals surface area contributed by atoms with Gasteiger partial charge in [0.2, 0.25) is 0 Å². The van der Waals surface area contributed by atoms with E-state index in [0.717, 1.165) is 5.56 Å². The first-order chi connectivity index (χ1) is 8.68. The summed E-state index contributed by atoms with van der Waals surface area (Å²) < 4.78 is 5.37. The molecule has 2 rings (SSSR count). The van der Waals surface area contributed by atoms with E-state index in [1.165, 1.54) is 0 Å². The maximum atomic E-state index is 11.2. The standard InChI is InChI=1S/C14H19NO3/c1-10(11-5-3-2-4-6-11)15-13-9-18-8-7-12(13)14(16)17/h2-6,10,12-13,15H,7-9H2,1H3,(H,16,17). The molecule has 0 bridgehead atoms. The fourth-order valence-corrected chi connectivity index (χ4v) is 2.36. The summed E-state index contributed by atoms with van der Waals surface area (Å²) in [7, 11) is 0. The number of carbonyl (C=O) groups is 1. The van der Waals surface area contributed by atoms with Gasteiger partial charge in [0.15, 0.2) is 0 Å². The molecule has 3 atom stereocenters. The minimum atomic E-state index is -0.740. The van der Waals surface area contributed by atoms with Crippen molar-refractivity contribution in [1.29, 1.82) is 0 Å². The molecule has 3 unspecified atom stereocenters. The Morgan fingerprint density at radius 3 is 2.83 bits per heavy atom. The van der Waals surface area contributed by atoms with Gasteiger partial charge in [-0.2, -0.15) is 0 Å². The minimum absolute atomic E-state index is 0.119. The van der Waals surface area contributed by atoms with Crippen LogP contribution in [-0.2, 0) is 9.53 Å². The van der Waals surface area contributed by atoms with Gasteiger partial charge in [-0.15, -0.1) is 0 Å². The molecule has 0 saturated carbocycles. The molecule has 1 aromatic carbocycles. The van der Waals surface area contributed by atoms with Gasteiger partial charge in [-0.25, -0.2) is 0 Å². The number of nitrogens with one attached hydrogen (secondary N) is 1. The first-order valence-corrected chi connectivity index (χ1v) is 6.30. The summed E-state index contributed by atoms with van der Waals surface area (Å²) in [4.78, 5) is 11.2. The van der Waals surface area contributed by atoms with E-state index in [1.54, 1.807) is 0 Å². The van der Waals surface area contributed by atoms with Crippen LogP contribution in [0.15, 0.2) is 30.3 Å². The van der Waals surface area contributed by atoms with Crippen LogP contribution in [0.5, 0.6) is 0 Å². The first-order valence-electron chi connectivity index (χ1n) is 6.30. The molecule has 1 aromatic rings. The predicted octanol–water partition coefficient (Wildman–Crippen LogP) is 1.83. The summed E-state index contributed by atoms with van der Waals surface area (Å²) in [6.07, 6.45) is 0.578. The molecule has 1 heterocycles. The van der Waals surface area contributed by atoms with E-state index in [1.807, 2.05) is 37.3 Å². The van der Waals surface area contributed by atoms with Gasteiger partial charge in [0.1, 0.15) is 0 Å². The summed E-state index contributed by atoms with van der Waals surface area (Å²) in [5.74, 6) is -1.10. The number of benzene rings is 1. The first kappa shape index (κ1) is 13.1. The normalized spacial score (nSPS) is 25.6. The van der Waals surface area contributed by atoms with E-state index >= 15 is 0 Å². The molecule has 1 aliphatic rings. The van der Waals surface area contributed by atoms with Crippen LogP contribution in [0.1, 0.15) is 24.9 Å². The van der Waals surface area contributed by atoms with Crippen molar-refractivity contribution in [2.75, 3.05) is 13.2 Å². The zero-order chi connectivity index (χ0) is 13.0. The zero-order valence-corrected chi connectivity index (χ0v) is 10.5. The highest BCUT2D eigenvalue weighted by Gasteiger charge is 2.32. The van der Waals surface area contributed by atoms with Crippen LogP contribution >= 0.6 is 0 Å². The molecule has 98 valence electrons. The fourth-order valence-electron chi connectivity index (χ4n) is 2.36. The third kappa shape index (κ3) is 3.09. The molecule has 4 nitrogen and oxygen atoms in total. The van der Waals surface area contributed by atoms with Gasteiger partial charge in [0.05, 0.1) is 12.5 Å². The molecule has 0 radical (unpaired) electrons. The quantitative estimate of drug-likeness (QED) is 0.854. The molecule has 0 aromatic heterocycles. The third-order valence-electron chi connectivity index (χ3n) is 3.44. The lowest BCUT2D eigenvalue weighted by atomic mass is 9.93. The molecule has 0 aliphatic carbocycles. The van der Waals surface area contributed by atoms with Gasteiger partial charge in [0, 0.05) is 18.7 Å². The minimum Gasteiger partial charge on any atom is -0.481 e. The van der Waals surface area contributed by atoms with E-state index in [2.05, 4.69) is 5.32 Å². The van der Waals surface area contributed by atoms with Gasteiger partial charge >= 0.3 is 5.97 Å². The number of carboxylic acid groups (broad SMARTS) is 1. The average molecular weight is 249 g/mol. The topological polar surface area (TPSA) is 58.6 Å². The monoisotopic (exact) mass is 249 g/mol. The van der Waals surface area contributed by atoms with Crippen molar-refractivity contribution >= 4 is 5.97 Å². The Bertz CT molecular complexity index is 393. The summed E-state index contributed by atoms with van der Waals surface area (Å²) in [6, 6.07) is 10.0. The molecule has 1 saturated heterocycles. The maximum Gasteiger partial charge on any atom is 0.308 e. The second-order valence-corrected chi connectivity index (χ2v) is 4.71. The van der Waals surface area contributed by atoms with Gasteiger partial charge in [-0.3, -0.25) is 4.79 Å². The molecule has 1 fully saturated rings. The average Bonchev–Trinajstić information content (AvgIpc) is 2.40. The number of hydrogen-bond acceptors (Lipinski definition) is 3. The Labute approximate surface area is 107 Å². The molecule has 2 N–H and O–H groups in total. The number of ether oxygens (including phenoxy) is 1. The second kappa shape index (κ2) is 5.98. The van der Waals surface area contributed by atoms with Crippen LogP contribution in [-0.4, -0.2) is 30.3 Å². The number of rotatable bonds is 4. The van der Waals surface area contributed by atoms with E-state index < -0.39 is 5.97 Å². The molecule has 1 aliphatic heterocycles. The number of aliphatic carboxylic acids is 1. The lowest BCUT2D eigenvalue weighted by Crippen LogP contribution is -2.47. The fraction of sp³-hybridized carbons (Fsp3) is 0.500. The highest BCUT2D eigenvalue weighted by molar-refractivity contribution is 5.71.